The molecule has 0 radical (unpaired) electrons. The maximum atomic E-state index is 12.9. The number of Topliss-reactive ketones (excluding diaryl/α,β-unsaturated/α-hetero) is 1. The normalized spacial score (nSPS) is 12.7. The second-order valence-corrected chi connectivity index (χ2v) is 7.47. The molecule has 4 rings (SSSR count). The Kier molecular flexibility index (Phi) is 6.58. The molecule has 33 heavy (non-hydrogen) atoms. The number of hydrogen-bond acceptors (Lipinski definition) is 7. The van der Waals surface area contributed by atoms with Crippen LogP contribution in [-0.2, 0) is 6.61 Å². The number of carbonyl (C=O) groups excluding carboxylic acids is 1. The Morgan fingerprint density at radius 2 is 1.52 bits per heavy atom. The van der Waals surface area contributed by atoms with Crippen LogP contribution in [0.1, 0.15) is 22.3 Å². The molecule has 0 aliphatic carbocycles. The molecule has 0 bridgehead atoms. The number of rotatable bonds is 8. The fraction of sp³-hybridized carbons (Fsp3) is 0.269. The average molecular weight is 450 g/mol. The quantitative estimate of drug-likeness (QED) is 0.478. The van der Waals surface area contributed by atoms with Crippen molar-refractivity contribution in [1.29, 1.82) is 0 Å². The second-order valence-electron chi connectivity index (χ2n) is 7.47. The van der Waals surface area contributed by atoms with Crippen molar-refractivity contribution in [3.8, 4) is 28.7 Å². The van der Waals surface area contributed by atoms with Crippen LogP contribution >= 0.6 is 0 Å². The SMILES string of the molecule is COc1ccc(N2CCC(=O)c3c2cc(OC)c(OC)c3OC)cc1OCc1ccccc1. The number of carbonyl (C=O) groups is 1. The highest BCUT2D eigenvalue weighted by Crippen LogP contribution is 2.49. The molecule has 0 unspecified atom stereocenters. The van der Waals surface area contributed by atoms with Gasteiger partial charge < -0.3 is 28.6 Å². The van der Waals surface area contributed by atoms with Gasteiger partial charge in [-0.25, -0.2) is 0 Å². The van der Waals surface area contributed by atoms with Gasteiger partial charge in [0.05, 0.1) is 39.7 Å². The van der Waals surface area contributed by atoms with E-state index in [9.17, 15) is 4.79 Å². The molecule has 3 aromatic carbocycles. The lowest BCUT2D eigenvalue weighted by Crippen LogP contribution is -2.28. The van der Waals surface area contributed by atoms with Crippen molar-refractivity contribution in [2.45, 2.75) is 13.0 Å². The van der Waals surface area contributed by atoms with Crippen LogP contribution in [0.2, 0.25) is 0 Å². The number of anilines is 2. The Morgan fingerprint density at radius 1 is 0.788 bits per heavy atom. The van der Waals surface area contributed by atoms with Crippen molar-refractivity contribution in [1.82, 2.24) is 0 Å². The third-order valence-corrected chi connectivity index (χ3v) is 5.64. The zero-order chi connectivity index (χ0) is 23.4. The molecule has 0 fully saturated rings. The summed E-state index contributed by atoms with van der Waals surface area (Å²) in [5, 5.41) is 0. The lowest BCUT2D eigenvalue weighted by molar-refractivity contribution is 0.0977. The van der Waals surface area contributed by atoms with Gasteiger partial charge in [-0.05, 0) is 17.7 Å². The van der Waals surface area contributed by atoms with Crippen molar-refractivity contribution < 1.29 is 28.5 Å². The van der Waals surface area contributed by atoms with Crippen LogP contribution in [0.15, 0.2) is 54.6 Å². The minimum absolute atomic E-state index is 0.00637. The zero-order valence-corrected chi connectivity index (χ0v) is 19.2. The number of hydrogen-bond donors (Lipinski definition) is 0. The van der Waals surface area contributed by atoms with Gasteiger partial charge in [-0.15, -0.1) is 0 Å². The molecule has 7 nitrogen and oxygen atoms in total. The lowest BCUT2D eigenvalue weighted by atomic mass is 9.97. The maximum absolute atomic E-state index is 12.9. The average Bonchev–Trinajstić information content (AvgIpc) is 2.86. The van der Waals surface area contributed by atoms with Crippen LogP contribution in [-0.4, -0.2) is 40.8 Å². The molecule has 1 aliphatic heterocycles. The van der Waals surface area contributed by atoms with Crippen LogP contribution in [0.25, 0.3) is 0 Å². The van der Waals surface area contributed by atoms with E-state index >= 15 is 0 Å². The van der Waals surface area contributed by atoms with Gasteiger partial charge in [-0.3, -0.25) is 4.79 Å². The number of nitrogens with zero attached hydrogens (tertiary/aromatic N) is 1. The number of ether oxygens (including phenoxy) is 5. The van der Waals surface area contributed by atoms with Crippen LogP contribution < -0.4 is 28.6 Å². The summed E-state index contributed by atoms with van der Waals surface area (Å²) in [4.78, 5) is 14.9. The summed E-state index contributed by atoms with van der Waals surface area (Å²) in [6.45, 7) is 0.920. The molecule has 0 saturated carbocycles. The summed E-state index contributed by atoms with van der Waals surface area (Å²) in [7, 11) is 6.22. The van der Waals surface area contributed by atoms with E-state index in [1.54, 1.807) is 14.2 Å². The molecule has 7 heteroatoms. The highest BCUT2D eigenvalue weighted by atomic mass is 16.5. The molecule has 0 amide bonds. The molecule has 0 aromatic heterocycles. The topological polar surface area (TPSA) is 66.5 Å². The molecule has 0 saturated heterocycles. The predicted molar refractivity (Wildman–Crippen MR) is 126 cm³/mol. The molecule has 0 atom stereocenters. The van der Waals surface area contributed by atoms with Gasteiger partial charge in [0.1, 0.15) is 6.61 Å². The van der Waals surface area contributed by atoms with Crippen LogP contribution in [0.5, 0.6) is 28.7 Å². The molecular weight excluding hydrogens is 422 g/mol. The number of fused-ring (bicyclic) bond motifs is 1. The van der Waals surface area contributed by atoms with Gasteiger partial charge >= 0.3 is 0 Å². The summed E-state index contributed by atoms with van der Waals surface area (Å²) in [5.74, 6) is 2.50. The fourth-order valence-electron chi connectivity index (χ4n) is 4.03. The van der Waals surface area contributed by atoms with E-state index in [1.807, 2.05) is 54.6 Å². The summed E-state index contributed by atoms with van der Waals surface area (Å²) in [6.07, 6.45) is 0.338. The Labute approximate surface area is 193 Å². The lowest BCUT2D eigenvalue weighted by Gasteiger charge is -2.32. The monoisotopic (exact) mass is 449 g/mol. The van der Waals surface area contributed by atoms with Crippen molar-refractivity contribution in [2.24, 2.45) is 0 Å². The van der Waals surface area contributed by atoms with Gasteiger partial charge in [-0.2, -0.15) is 0 Å². The van der Waals surface area contributed by atoms with E-state index in [4.69, 9.17) is 23.7 Å². The van der Waals surface area contributed by atoms with E-state index in [-0.39, 0.29) is 5.78 Å². The summed E-state index contributed by atoms with van der Waals surface area (Å²) >= 11 is 0. The van der Waals surface area contributed by atoms with Crippen LogP contribution in [0, 0.1) is 0 Å². The van der Waals surface area contributed by atoms with Crippen molar-refractivity contribution >= 4 is 17.2 Å². The largest absolute Gasteiger partial charge is 0.493 e. The smallest absolute Gasteiger partial charge is 0.204 e. The van der Waals surface area contributed by atoms with E-state index in [0.29, 0.717) is 59.6 Å². The first-order chi connectivity index (χ1) is 16.1. The van der Waals surface area contributed by atoms with E-state index < -0.39 is 0 Å². The Morgan fingerprint density at radius 3 is 2.18 bits per heavy atom. The minimum atomic E-state index is -0.00637. The van der Waals surface area contributed by atoms with Gasteiger partial charge in [0, 0.05) is 30.8 Å². The summed E-state index contributed by atoms with van der Waals surface area (Å²) < 4.78 is 28.2. The third-order valence-electron chi connectivity index (χ3n) is 5.64. The molecule has 0 spiro atoms. The molecule has 3 aromatic rings. The predicted octanol–water partition coefficient (Wildman–Crippen LogP) is 5.02. The molecule has 0 N–H and O–H groups in total. The molecule has 1 heterocycles. The first-order valence-corrected chi connectivity index (χ1v) is 10.6. The van der Waals surface area contributed by atoms with Gasteiger partial charge in [-0.1, -0.05) is 30.3 Å². The summed E-state index contributed by atoms with van der Waals surface area (Å²) in [5.41, 5.74) is 3.09. The Hall–Kier alpha value is -3.87. The highest BCUT2D eigenvalue weighted by Gasteiger charge is 2.32. The standard InChI is InChI=1S/C26H27NO6/c1-29-21-11-10-18(14-22(21)33-16-17-8-6-5-7-9-17)27-13-12-20(28)24-19(27)15-23(30-2)25(31-3)26(24)32-4/h5-11,14-15H,12-13,16H2,1-4H3. The van der Waals surface area contributed by atoms with Gasteiger partial charge in [0.15, 0.2) is 28.8 Å². The van der Waals surface area contributed by atoms with Crippen LogP contribution in [0.3, 0.4) is 0 Å². The number of methoxy groups -OCH3 is 4. The molecule has 1 aliphatic rings. The zero-order valence-electron chi connectivity index (χ0n) is 19.2. The highest BCUT2D eigenvalue weighted by molar-refractivity contribution is 6.08. The first kappa shape index (κ1) is 22.3. The number of benzene rings is 3. The van der Waals surface area contributed by atoms with Gasteiger partial charge in [0.25, 0.3) is 0 Å². The van der Waals surface area contributed by atoms with Gasteiger partial charge in [0.2, 0.25) is 5.75 Å². The van der Waals surface area contributed by atoms with E-state index in [1.165, 1.54) is 14.2 Å². The Bertz CT molecular complexity index is 1150. The van der Waals surface area contributed by atoms with Crippen molar-refractivity contribution in [3.05, 3.63) is 65.7 Å². The second kappa shape index (κ2) is 9.73. The van der Waals surface area contributed by atoms with E-state index in [2.05, 4.69) is 4.90 Å². The van der Waals surface area contributed by atoms with Crippen molar-refractivity contribution in [3.63, 3.8) is 0 Å². The third kappa shape index (κ3) is 4.26. The summed E-state index contributed by atoms with van der Waals surface area (Å²) in [6, 6.07) is 17.5. The first-order valence-electron chi connectivity index (χ1n) is 10.6. The molecular formula is C26H27NO6. The van der Waals surface area contributed by atoms with Crippen molar-refractivity contribution in [2.75, 3.05) is 39.9 Å². The molecule has 172 valence electrons. The minimum Gasteiger partial charge on any atom is -0.493 e. The fourth-order valence-corrected chi connectivity index (χ4v) is 4.03. The van der Waals surface area contributed by atoms with E-state index in [0.717, 1.165) is 11.3 Å². The Balaban J connectivity index is 1.76. The maximum Gasteiger partial charge on any atom is 0.204 e. The number of ketones is 1. The van der Waals surface area contributed by atoms with Crippen LogP contribution in [0.4, 0.5) is 11.4 Å².